The van der Waals surface area contributed by atoms with E-state index in [1.807, 2.05) is 23.1 Å². The maximum atomic E-state index is 12.8. The third kappa shape index (κ3) is 3.71. The van der Waals surface area contributed by atoms with Crippen molar-refractivity contribution in [2.75, 3.05) is 6.54 Å². The van der Waals surface area contributed by atoms with E-state index in [-0.39, 0.29) is 24.0 Å². The van der Waals surface area contributed by atoms with Gasteiger partial charge in [0.25, 0.3) is 0 Å². The van der Waals surface area contributed by atoms with Crippen molar-refractivity contribution in [3.63, 3.8) is 0 Å². The van der Waals surface area contributed by atoms with Crippen LogP contribution < -0.4 is 5.32 Å². The van der Waals surface area contributed by atoms with Gasteiger partial charge in [-0.1, -0.05) is 37.3 Å². The number of hydrogen-bond donors (Lipinski definition) is 2. The molecule has 0 bridgehead atoms. The third-order valence-electron chi connectivity index (χ3n) is 5.36. The molecule has 1 saturated carbocycles. The van der Waals surface area contributed by atoms with Crippen LogP contribution in [0.25, 0.3) is 0 Å². The molecule has 5 nitrogen and oxygen atoms in total. The number of carboxylic acid groups (broad SMARTS) is 1. The molecule has 2 atom stereocenters. The van der Waals surface area contributed by atoms with Crippen LogP contribution in [-0.4, -0.2) is 34.6 Å². The topological polar surface area (TPSA) is 69.6 Å². The maximum absolute atomic E-state index is 12.8. The predicted molar refractivity (Wildman–Crippen MR) is 91.6 cm³/mol. The Bertz CT molecular complexity index is 582. The van der Waals surface area contributed by atoms with Gasteiger partial charge in [-0.3, -0.25) is 4.79 Å². The minimum absolute atomic E-state index is 0.00743. The molecule has 1 aromatic rings. The number of aliphatic carboxylic acids is 1. The summed E-state index contributed by atoms with van der Waals surface area (Å²) in [5.74, 6) is -0.469. The minimum atomic E-state index is -0.711. The van der Waals surface area contributed by atoms with Gasteiger partial charge < -0.3 is 15.3 Å². The number of amides is 2. The summed E-state index contributed by atoms with van der Waals surface area (Å²) in [6.45, 7) is 2.96. The van der Waals surface area contributed by atoms with Crippen LogP contribution in [0.1, 0.15) is 50.6 Å². The first-order valence-electron chi connectivity index (χ1n) is 8.89. The Balaban J connectivity index is 1.61. The zero-order chi connectivity index (χ0) is 17.1. The average molecular weight is 330 g/mol. The Labute approximate surface area is 143 Å². The van der Waals surface area contributed by atoms with E-state index >= 15 is 0 Å². The minimum Gasteiger partial charge on any atom is -0.481 e. The Morgan fingerprint density at radius 3 is 2.42 bits per heavy atom. The SMILES string of the molecule is CC1CC(c2ccccc2)N(C(=O)NC2CCC(C(=O)O)CC2)C1. The van der Waals surface area contributed by atoms with Gasteiger partial charge in [-0.25, -0.2) is 4.79 Å². The highest BCUT2D eigenvalue weighted by atomic mass is 16.4. The van der Waals surface area contributed by atoms with Gasteiger partial charge in [0.2, 0.25) is 0 Å². The second kappa shape index (κ2) is 7.24. The summed E-state index contributed by atoms with van der Waals surface area (Å²) in [6.07, 6.45) is 3.80. The zero-order valence-corrected chi connectivity index (χ0v) is 14.1. The Morgan fingerprint density at radius 2 is 1.79 bits per heavy atom. The predicted octanol–water partition coefficient (Wildman–Crippen LogP) is 3.42. The molecule has 0 spiro atoms. The second-order valence-corrected chi connectivity index (χ2v) is 7.26. The van der Waals surface area contributed by atoms with Gasteiger partial charge >= 0.3 is 12.0 Å². The van der Waals surface area contributed by atoms with Crippen molar-refractivity contribution in [3.05, 3.63) is 35.9 Å². The number of hydrogen-bond acceptors (Lipinski definition) is 2. The fraction of sp³-hybridized carbons (Fsp3) is 0.579. The van der Waals surface area contributed by atoms with Crippen LogP contribution in [0.5, 0.6) is 0 Å². The molecule has 0 aromatic heterocycles. The molecule has 2 amide bonds. The van der Waals surface area contributed by atoms with Crippen molar-refractivity contribution >= 4 is 12.0 Å². The molecule has 1 aromatic carbocycles. The molecule has 1 aliphatic heterocycles. The molecule has 1 heterocycles. The van der Waals surface area contributed by atoms with Crippen LogP contribution in [-0.2, 0) is 4.79 Å². The zero-order valence-electron chi connectivity index (χ0n) is 14.1. The van der Waals surface area contributed by atoms with Crippen LogP contribution in [0.15, 0.2) is 30.3 Å². The number of rotatable bonds is 3. The molecule has 2 aliphatic rings. The highest BCUT2D eigenvalue weighted by Crippen LogP contribution is 2.35. The van der Waals surface area contributed by atoms with E-state index in [9.17, 15) is 9.59 Å². The molecule has 1 saturated heterocycles. The fourth-order valence-corrected chi connectivity index (χ4v) is 4.00. The standard InChI is InChI=1S/C19H26N2O3/c1-13-11-17(14-5-3-2-4-6-14)21(12-13)19(24)20-16-9-7-15(8-10-16)18(22)23/h2-6,13,15-17H,7-12H2,1H3,(H,20,24)(H,22,23). The Hall–Kier alpha value is -2.04. The highest BCUT2D eigenvalue weighted by Gasteiger charge is 2.35. The lowest BCUT2D eigenvalue weighted by atomic mass is 9.86. The molecular weight excluding hydrogens is 304 g/mol. The second-order valence-electron chi connectivity index (χ2n) is 7.26. The van der Waals surface area contributed by atoms with Crippen molar-refractivity contribution in [3.8, 4) is 0 Å². The number of carbonyl (C=O) groups is 2. The van der Waals surface area contributed by atoms with E-state index in [2.05, 4.69) is 24.4 Å². The number of urea groups is 1. The first kappa shape index (κ1) is 16.8. The molecule has 3 rings (SSSR count). The molecule has 2 N–H and O–H groups in total. The molecule has 1 aliphatic carbocycles. The monoisotopic (exact) mass is 330 g/mol. The first-order chi connectivity index (χ1) is 11.5. The van der Waals surface area contributed by atoms with E-state index in [4.69, 9.17) is 5.11 Å². The van der Waals surface area contributed by atoms with Crippen molar-refractivity contribution in [1.29, 1.82) is 0 Å². The Morgan fingerprint density at radius 1 is 1.12 bits per heavy atom. The van der Waals surface area contributed by atoms with E-state index in [0.29, 0.717) is 18.8 Å². The summed E-state index contributed by atoms with van der Waals surface area (Å²) in [5.41, 5.74) is 1.19. The maximum Gasteiger partial charge on any atom is 0.318 e. The number of carbonyl (C=O) groups excluding carboxylic acids is 1. The fourth-order valence-electron chi connectivity index (χ4n) is 4.00. The lowest BCUT2D eigenvalue weighted by molar-refractivity contribution is -0.142. The van der Waals surface area contributed by atoms with Crippen molar-refractivity contribution in [2.45, 2.75) is 51.1 Å². The number of benzene rings is 1. The molecule has 2 fully saturated rings. The van der Waals surface area contributed by atoms with Crippen LogP contribution in [0, 0.1) is 11.8 Å². The summed E-state index contributed by atoms with van der Waals surface area (Å²) in [4.78, 5) is 25.7. The van der Waals surface area contributed by atoms with Gasteiger partial charge in [-0.2, -0.15) is 0 Å². The van der Waals surface area contributed by atoms with Crippen molar-refractivity contribution < 1.29 is 14.7 Å². The number of carboxylic acids is 1. The van der Waals surface area contributed by atoms with Crippen LogP contribution >= 0.6 is 0 Å². The summed E-state index contributed by atoms with van der Waals surface area (Å²) >= 11 is 0. The summed E-state index contributed by atoms with van der Waals surface area (Å²) < 4.78 is 0. The van der Waals surface area contributed by atoms with Gasteiger partial charge in [0, 0.05) is 12.6 Å². The first-order valence-corrected chi connectivity index (χ1v) is 8.89. The van der Waals surface area contributed by atoms with Crippen molar-refractivity contribution in [1.82, 2.24) is 10.2 Å². The average Bonchev–Trinajstić information content (AvgIpc) is 2.98. The molecule has 2 unspecified atom stereocenters. The van der Waals surface area contributed by atoms with Crippen molar-refractivity contribution in [2.24, 2.45) is 11.8 Å². The molecule has 0 radical (unpaired) electrons. The third-order valence-corrected chi connectivity index (χ3v) is 5.36. The number of nitrogens with one attached hydrogen (secondary N) is 1. The van der Waals surface area contributed by atoms with Crippen LogP contribution in [0.2, 0.25) is 0 Å². The van der Waals surface area contributed by atoms with Crippen LogP contribution in [0.4, 0.5) is 4.79 Å². The Kier molecular flexibility index (Phi) is 5.07. The molecule has 24 heavy (non-hydrogen) atoms. The van der Waals surface area contributed by atoms with Crippen LogP contribution in [0.3, 0.4) is 0 Å². The van der Waals surface area contributed by atoms with Gasteiger partial charge in [0.05, 0.1) is 12.0 Å². The summed E-state index contributed by atoms with van der Waals surface area (Å²) in [5, 5.41) is 12.2. The van der Waals surface area contributed by atoms with E-state index < -0.39 is 5.97 Å². The molecule has 5 heteroatoms. The molecular formula is C19H26N2O3. The van der Waals surface area contributed by atoms with Gasteiger partial charge in [-0.05, 0) is 43.6 Å². The van der Waals surface area contributed by atoms with E-state index in [1.54, 1.807) is 0 Å². The largest absolute Gasteiger partial charge is 0.481 e. The van der Waals surface area contributed by atoms with Gasteiger partial charge in [0.1, 0.15) is 0 Å². The van der Waals surface area contributed by atoms with Gasteiger partial charge in [0.15, 0.2) is 0 Å². The molecule has 130 valence electrons. The highest BCUT2D eigenvalue weighted by molar-refractivity contribution is 5.75. The lowest BCUT2D eigenvalue weighted by Crippen LogP contribution is -2.46. The summed E-state index contributed by atoms with van der Waals surface area (Å²) in [7, 11) is 0. The summed E-state index contributed by atoms with van der Waals surface area (Å²) in [6, 6.07) is 10.4. The quantitative estimate of drug-likeness (QED) is 0.892. The smallest absolute Gasteiger partial charge is 0.318 e. The van der Waals surface area contributed by atoms with E-state index in [1.165, 1.54) is 5.56 Å². The van der Waals surface area contributed by atoms with Gasteiger partial charge in [-0.15, -0.1) is 0 Å². The number of nitrogens with zero attached hydrogens (tertiary/aromatic N) is 1. The normalized spacial score (nSPS) is 30.1. The number of likely N-dealkylation sites (tertiary alicyclic amines) is 1. The lowest BCUT2D eigenvalue weighted by Gasteiger charge is -2.31. The van der Waals surface area contributed by atoms with E-state index in [0.717, 1.165) is 25.8 Å².